The van der Waals surface area contributed by atoms with Crippen LogP contribution in [0.2, 0.25) is 0 Å². The Morgan fingerprint density at radius 3 is 2.33 bits per heavy atom. The number of rotatable bonds is 4. The van der Waals surface area contributed by atoms with Crippen LogP contribution in [0.4, 0.5) is 5.69 Å². The van der Waals surface area contributed by atoms with Crippen LogP contribution in [0.15, 0.2) is 53.7 Å². The predicted octanol–water partition coefficient (Wildman–Crippen LogP) is 3.33. The van der Waals surface area contributed by atoms with Gasteiger partial charge in [0.05, 0.1) is 0 Å². The Kier molecular flexibility index (Phi) is 4.15. The molecule has 1 atom stereocenters. The van der Waals surface area contributed by atoms with E-state index in [0.717, 1.165) is 5.56 Å². The summed E-state index contributed by atoms with van der Waals surface area (Å²) in [7, 11) is -0.228. The fourth-order valence-electron chi connectivity index (χ4n) is 1.75. The highest BCUT2D eigenvalue weighted by Crippen LogP contribution is 2.37. The molecule has 2 aromatic rings. The summed E-state index contributed by atoms with van der Waals surface area (Å²) < 4.78 is 4.98. The Morgan fingerprint density at radius 2 is 1.67 bits per heavy atom. The summed E-state index contributed by atoms with van der Waals surface area (Å²) in [6.07, 6.45) is 0. The maximum absolute atomic E-state index is 10.8. The zero-order chi connectivity index (χ0) is 13.0. The third-order valence-electron chi connectivity index (χ3n) is 2.58. The van der Waals surface area contributed by atoms with Crippen LogP contribution in [-0.2, 0) is 4.52 Å². The molecule has 0 radical (unpaired) electrons. The summed E-state index contributed by atoms with van der Waals surface area (Å²) in [5.41, 5.74) is 1.81. The molecule has 5 heteroatoms. The molecule has 18 heavy (non-hydrogen) atoms. The van der Waals surface area contributed by atoms with E-state index in [-0.39, 0.29) is 0 Å². The van der Waals surface area contributed by atoms with Crippen LogP contribution >= 0.6 is 8.38 Å². The van der Waals surface area contributed by atoms with Crippen molar-refractivity contribution in [2.45, 2.75) is 0 Å². The Balaban J connectivity index is 2.60. The van der Waals surface area contributed by atoms with Crippen LogP contribution in [0.5, 0.6) is 0 Å². The van der Waals surface area contributed by atoms with E-state index >= 15 is 0 Å². The third-order valence-corrected chi connectivity index (χ3v) is 3.72. The molecule has 2 aromatic carbocycles. The lowest BCUT2D eigenvalue weighted by molar-refractivity contribution is 0.401. The third kappa shape index (κ3) is 2.46. The lowest BCUT2D eigenvalue weighted by Gasteiger charge is -2.13. The first-order valence-electron chi connectivity index (χ1n) is 5.33. The van der Waals surface area contributed by atoms with Crippen LogP contribution in [-0.4, -0.2) is 12.0 Å². The van der Waals surface area contributed by atoms with Gasteiger partial charge >= 0.3 is 0 Å². The molecule has 0 amide bonds. The Labute approximate surface area is 106 Å². The standard InChI is InChI=1S/C13H12NO3P/c1-17-18(16)13-9-5-3-7-11(13)10-6-2-4-8-12(10)14-15/h2-9,16H,1H3. The number of nitroso groups, excluding NO2 is 1. The topological polar surface area (TPSA) is 58.9 Å². The average Bonchev–Trinajstić information content (AvgIpc) is 2.46. The Bertz CT molecular complexity index is 559. The van der Waals surface area contributed by atoms with Gasteiger partial charge in [-0.2, -0.15) is 0 Å². The van der Waals surface area contributed by atoms with Crippen molar-refractivity contribution < 1.29 is 9.42 Å². The minimum Gasteiger partial charge on any atom is -0.346 e. The number of hydrogen-bond acceptors (Lipinski definition) is 4. The maximum atomic E-state index is 10.8. The minimum absolute atomic E-state index is 0.351. The van der Waals surface area contributed by atoms with Gasteiger partial charge < -0.3 is 9.42 Å². The molecule has 0 aliphatic heterocycles. The summed E-state index contributed by atoms with van der Waals surface area (Å²) in [6.45, 7) is 0. The molecule has 0 aromatic heterocycles. The van der Waals surface area contributed by atoms with Crippen molar-refractivity contribution in [3.8, 4) is 11.1 Å². The fraction of sp³-hybridized carbons (Fsp3) is 0.0769. The molecule has 92 valence electrons. The van der Waals surface area contributed by atoms with Crippen molar-refractivity contribution in [3.05, 3.63) is 53.4 Å². The van der Waals surface area contributed by atoms with Crippen LogP contribution in [0.1, 0.15) is 0 Å². The Morgan fingerprint density at radius 1 is 1.06 bits per heavy atom. The van der Waals surface area contributed by atoms with Gasteiger partial charge in [-0.1, -0.05) is 36.4 Å². The summed E-state index contributed by atoms with van der Waals surface area (Å²) in [6, 6.07) is 14.3. The minimum atomic E-state index is -1.68. The summed E-state index contributed by atoms with van der Waals surface area (Å²) in [4.78, 5) is 20.7. The van der Waals surface area contributed by atoms with Gasteiger partial charge in [-0.15, -0.1) is 4.91 Å². The SMILES string of the molecule is COP(O)c1ccccc1-c1ccccc1N=O. The first-order chi connectivity index (χ1) is 8.77. The maximum Gasteiger partial charge on any atom is 0.202 e. The van der Waals surface area contributed by atoms with Crippen molar-refractivity contribution in [1.29, 1.82) is 0 Å². The molecule has 0 aliphatic rings. The van der Waals surface area contributed by atoms with E-state index in [1.165, 1.54) is 7.11 Å². The summed E-state index contributed by atoms with van der Waals surface area (Å²) in [5.74, 6) is 0. The van der Waals surface area contributed by atoms with E-state index in [1.807, 2.05) is 24.3 Å². The second-order valence-electron chi connectivity index (χ2n) is 3.58. The molecule has 0 fully saturated rings. The molecule has 1 unspecified atom stereocenters. The van der Waals surface area contributed by atoms with Gasteiger partial charge in [0.15, 0.2) is 0 Å². The van der Waals surface area contributed by atoms with Crippen molar-refractivity contribution in [2.75, 3.05) is 7.11 Å². The highest BCUT2D eigenvalue weighted by atomic mass is 31.2. The van der Waals surface area contributed by atoms with Crippen LogP contribution in [0, 0.1) is 4.91 Å². The van der Waals surface area contributed by atoms with Gasteiger partial charge in [0.25, 0.3) is 0 Å². The van der Waals surface area contributed by atoms with Crippen molar-refractivity contribution in [3.63, 3.8) is 0 Å². The molecular formula is C13H12NO3P. The van der Waals surface area contributed by atoms with E-state index < -0.39 is 8.38 Å². The van der Waals surface area contributed by atoms with Crippen LogP contribution < -0.4 is 5.30 Å². The van der Waals surface area contributed by atoms with Gasteiger partial charge in [0, 0.05) is 18.0 Å². The molecule has 2 rings (SSSR count). The average molecular weight is 261 g/mol. The largest absolute Gasteiger partial charge is 0.346 e. The molecule has 0 aliphatic carbocycles. The molecule has 1 N–H and O–H groups in total. The Hall–Kier alpha value is -1.61. The number of nitrogens with zero attached hydrogens (tertiary/aromatic N) is 1. The van der Waals surface area contributed by atoms with E-state index in [9.17, 15) is 9.80 Å². The van der Waals surface area contributed by atoms with Gasteiger partial charge in [-0.05, 0) is 22.9 Å². The van der Waals surface area contributed by atoms with Gasteiger partial charge in [0.1, 0.15) is 5.69 Å². The smallest absolute Gasteiger partial charge is 0.202 e. The zero-order valence-electron chi connectivity index (χ0n) is 9.78. The van der Waals surface area contributed by atoms with Crippen molar-refractivity contribution in [2.24, 2.45) is 5.18 Å². The van der Waals surface area contributed by atoms with E-state index in [1.54, 1.807) is 24.3 Å². The molecule has 0 saturated carbocycles. The summed E-state index contributed by atoms with van der Waals surface area (Å²) >= 11 is 0. The lowest BCUT2D eigenvalue weighted by atomic mass is 10.0. The lowest BCUT2D eigenvalue weighted by Crippen LogP contribution is -2.05. The molecule has 0 saturated heterocycles. The second-order valence-corrected chi connectivity index (χ2v) is 4.97. The van der Waals surface area contributed by atoms with Gasteiger partial charge in [0.2, 0.25) is 8.38 Å². The first kappa shape index (κ1) is 12.8. The van der Waals surface area contributed by atoms with Crippen molar-refractivity contribution >= 4 is 19.4 Å². The second kappa shape index (κ2) is 5.83. The zero-order valence-corrected chi connectivity index (χ0v) is 10.7. The summed E-state index contributed by atoms with van der Waals surface area (Å²) in [5, 5.41) is 3.68. The van der Waals surface area contributed by atoms with Crippen LogP contribution in [0.3, 0.4) is 0 Å². The van der Waals surface area contributed by atoms with E-state index in [2.05, 4.69) is 5.18 Å². The van der Waals surface area contributed by atoms with Gasteiger partial charge in [-0.25, -0.2) is 0 Å². The molecule has 0 bridgehead atoms. The highest BCUT2D eigenvalue weighted by Gasteiger charge is 2.15. The molecule has 4 nitrogen and oxygen atoms in total. The quantitative estimate of drug-likeness (QED) is 0.678. The van der Waals surface area contributed by atoms with Crippen LogP contribution in [0.25, 0.3) is 11.1 Å². The monoisotopic (exact) mass is 261 g/mol. The normalized spacial score (nSPS) is 12.1. The molecule has 0 spiro atoms. The van der Waals surface area contributed by atoms with Gasteiger partial charge in [-0.3, -0.25) is 0 Å². The molecule has 0 heterocycles. The number of benzene rings is 2. The highest BCUT2D eigenvalue weighted by molar-refractivity contribution is 7.55. The first-order valence-corrected chi connectivity index (χ1v) is 6.54. The van der Waals surface area contributed by atoms with E-state index in [4.69, 9.17) is 4.52 Å². The van der Waals surface area contributed by atoms with E-state index in [0.29, 0.717) is 16.6 Å². The fourth-order valence-corrected chi connectivity index (χ4v) is 2.56. The predicted molar refractivity (Wildman–Crippen MR) is 73.1 cm³/mol. The number of hydrogen-bond donors (Lipinski definition) is 1. The molecular weight excluding hydrogens is 249 g/mol. The van der Waals surface area contributed by atoms with Crippen molar-refractivity contribution in [1.82, 2.24) is 0 Å².